The van der Waals surface area contributed by atoms with Crippen LogP contribution in [-0.4, -0.2) is 17.1 Å². The van der Waals surface area contributed by atoms with E-state index in [1.165, 1.54) is 18.4 Å². The van der Waals surface area contributed by atoms with E-state index in [9.17, 15) is 4.79 Å². The molecule has 1 aromatic carbocycles. The van der Waals surface area contributed by atoms with Crippen LogP contribution in [0.2, 0.25) is 0 Å². The molecule has 3 aliphatic rings. The van der Waals surface area contributed by atoms with Crippen LogP contribution in [0.4, 0.5) is 10.8 Å². The van der Waals surface area contributed by atoms with Gasteiger partial charge in [0, 0.05) is 28.5 Å². The third-order valence-electron chi connectivity index (χ3n) is 7.60. The molecule has 36 heavy (non-hydrogen) atoms. The van der Waals surface area contributed by atoms with Crippen molar-refractivity contribution in [3.05, 3.63) is 76.0 Å². The highest BCUT2D eigenvalue weighted by Crippen LogP contribution is 2.48. The maximum absolute atomic E-state index is 13.3. The molecule has 2 aliphatic carbocycles. The summed E-state index contributed by atoms with van der Waals surface area (Å²) < 4.78 is 0. The number of aromatic nitrogens is 1. The van der Waals surface area contributed by atoms with E-state index < -0.39 is 0 Å². The number of hydrogen-bond donors (Lipinski definition) is 2. The fourth-order valence-electron chi connectivity index (χ4n) is 4.73. The summed E-state index contributed by atoms with van der Waals surface area (Å²) in [6.07, 6.45) is 15.7. The first-order valence-electron chi connectivity index (χ1n) is 13.2. The van der Waals surface area contributed by atoms with Crippen LogP contribution in [0.15, 0.2) is 70.5 Å². The van der Waals surface area contributed by atoms with Crippen LogP contribution in [0.25, 0.3) is 0 Å². The number of fused-ring (bicyclic) bond motifs is 1. The maximum atomic E-state index is 13.3. The Hall–Kier alpha value is -2.99. The summed E-state index contributed by atoms with van der Waals surface area (Å²) in [5.41, 5.74) is 5.69. The number of rotatable bonds is 7. The molecular weight excluding hydrogens is 464 g/mol. The fourth-order valence-corrected chi connectivity index (χ4v) is 5.57. The average molecular weight is 501 g/mol. The largest absolute Gasteiger partial charge is 0.345 e. The lowest BCUT2D eigenvalue weighted by molar-refractivity contribution is -0.117. The number of aliphatic imine (C=N–C) groups is 1. The van der Waals surface area contributed by atoms with Gasteiger partial charge in [-0.1, -0.05) is 56.4 Å². The van der Waals surface area contributed by atoms with E-state index in [4.69, 9.17) is 4.99 Å². The summed E-state index contributed by atoms with van der Waals surface area (Å²) in [7, 11) is 0. The summed E-state index contributed by atoms with van der Waals surface area (Å²) in [5.74, 6) is 0.606. The SMILES string of the molecule is CCC1C=C(C(=O)NC(C)c2cnc(Nc3cccc(C4(C)CC4)c3)s2)C=C2CCC(C)C=NC2=C1. The van der Waals surface area contributed by atoms with Crippen molar-refractivity contribution in [3.63, 3.8) is 0 Å². The zero-order valence-electron chi connectivity index (χ0n) is 21.7. The van der Waals surface area contributed by atoms with Gasteiger partial charge in [0.1, 0.15) is 0 Å². The molecule has 188 valence electrons. The number of hydrogen-bond acceptors (Lipinski definition) is 5. The fraction of sp³-hybridized carbons (Fsp3) is 0.433. The highest BCUT2D eigenvalue weighted by Gasteiger charge is 2.38. The molecule has 2 N–H and O–H groups in total. The number of anilines is 2. The predicted molar refractivity (Wildman–Crippen MR) is 150 cm³/mol. The standard InChI is InChI=1S/C30H36N4OS/c1-5-21-13-23(15-22-10-9-19(2)17-31-26(22)14-21)28(35)33-20(3)27-18-32-29(36-27)34-25-8-6-7-24(16-25)30(4)11-12-30/h6-8,13-21H,5,9-12H2,1-4H3,(H,32,34)(H,33,35). The molecule has 3 atom stereocenters. The first kappa shape index (κ1) is 24.7. The predicted octanol–water partition coefficient (Wildman–Crippen LogP) is 7.39. The number of nitrogens with zero attached hydrogens (tertiary/aromatic N) is 2. The van der Waals surface area contributed by atoms with E-state index >= 15 is 0 Å². The molecule has 5 rings (SSSR count). The number of carbonyl (C=O) groups is 1. The molecule has 1 aromatic heterocycles. The minimum Gasteiger partial charge on any atom is -0.345 e. The van der Waals surface area contributed by atoms with Gasteiger partial charge in [-0.25, -0.2) is 4.98 Å². The zero-order chi connectivity index (χ0) is 25.3. The van der Waals surface area contributed by atoms with E-state index in [1.54, 1.807) is 11.3 Å². The lowest BCUT2D eigenvalue weighted by Gasteiger charge is -2.14. The van der Waals surface area contributed by atoms with Gasteiger partial charge in [-0.2, -0.15) is 0 Å². The minimum absolute atomic E-state index is 0.0438. The molecule has 1 saturated carbocycles. The van der Waals surface area contributed by atoms with Crippen LogP contribution in [0.5, 0.6) is 0 Å². The number of nitrogens with one attached hydrogen (secondary N) is 2. The number of benzene rings is 1. The molecule has 0 radical (unpaired) electrons. The van der Waals surface area contributed by atoms with Gasteiger partial charge >= 0.3 is 0 Å². The quantitative estimate of drug-likeness (QED) is 0.416. The van der Waals surface area contributed by atoms with E-state index in [-0.39, 0.29) is 17.9 Å². The van der Waals surface area contributed by atoms with Crippen molar-refractivity contribution in [2.75, 3.05) is 5.32 Å². The lowest BCUT2D eigenvalue weighted by Crippen LogP contribution is -2.27. The summed E-state index contributed by atoms with van der Waals surface area (Å²) in [6.45, 7) is 8.69. The number of carbonyl (C=O) groups excluding carboxylic acids is 1. The van der Waals surface area contributed by atoms with Crippen molar-refractivity contribution in [1.82, 2.24) is 10.3 Å². The number of allylic oxidation sites excluding steroid dienone is 3. The first-order valence-corrected chi connectivity index (χ1v) is 14.0. The van der Waals surface area contributed by atoms with E-state index in [1.807, 2.05) is 25.4 Å². The molecule has 1 fully saturated rings. The Morgan fingerprint density at radius 3 is 2.89 bits per heavy atom. The van der Waals surface area contributed by atoms with Crippen molar-refractivity contribution in [2.24, 2.45) is 16.8 Å². The molecule has 5 nitrogen and oxygen atoms in total. The van der Waals surface area contributed by atoms with Crippen LogP contribution in [0, 0.1) is 11.8 Å². The van der Waals surface area contributed by atoms with Crippen molar-refractivity contribution in [3.8, 4) is 0 Å². The summed E-state index contributed by atoms with van der Waals surface area (Å²) in [4.78, 5) is 23.7. The first-order chi connectivity index (χ1) is 17.3. The minimum atomic E-state index is -0.135. The van der Waals surface area contributed by atoms with Gasteiger partial charge in [-0.3, -0.25) is 9.79 Å². The molecular formula is C30H36N4OS. The van der Waals surface area contributed by atoms with Crippen LogP contribution in [0.1, 0.15) is 76.3 Å². The Kier molecular flexibility index (Phi) is 6.98. The van der Waals surface area contributed by atoms with Gasteiger partial charge in [0.25, 0.3) is 5.91 Å². The van der Waals surface area contributed by atoms with Crippen LogP contribution in [0.3, 0.4) is 0 Å². The molecule has 3 unspecified atom stereocenters. The van der Waals surface area contributed by atoms with Gasteiger partial charge in [-0.15, -0.1) is 0 Å². The third-order valence-corrected chi connectivity index (χ3v) is 8.70. The zero-order valence-corrected chi connectivity index (χ0v) is 22.5. The Bertz CT molecular complexity index is 1260. The average Bonchev–Trinajstić information content (AvgIpc) is 3.54. The second-order valence-corrected chi connectivity index (χ2v) is 11.8. The van der Waals surface area contributed by atoms with Gasteiger partial charge in [-0.05, 0) is 85.6 Å². The maximum Gasteiger partial charge on any atom is 0.251 e. The highest BCUT2D eigenvalue weighted by molar-refractivity contribution is 7.15. The molecule has 6 heteroatoms. The Morgan fingerprint density at radius 1 is 1.28 bits per heavy atom. The van der Waals surface area contributed by atoms with Gasteiger partial charge in [0.05, 0.1) is 11.7 Å². The topological polar surface area (TPSA) is 66.4 Å². The molecule has 1 aliphatic heterocycles. The monoisotopic (exact) mass is 500 g/mol. The molecule has 0 spiro atoms. The van der Waals surface area contributed by atoms with Crippen LogP contribution >= 0.6 is 11.3 Å². The van der Waals surface area contributed by atoms with Gasteiger partial charge in [0.15, 0.2) is 5.13 Å². The van der Waals surface area contributed by atoms with Crippen LogP contribution in [-0.2, 0) is 10.2 Å². The Labute approximate surface area is 218 Å². The molecule has 0 bridgehead atoms. The lowest BCUT2D eigenvalue weighted by atomic mass is 9.98. The summed E-state index contributed by atoms with van der Waals surface area (Å²) in [6, 6.07) is 8.50. The van der Waals surface area contributed by atoms with E-state index in [0.29, 0.717) is 11.3 Å². The third kappa shape index (κ3) is 5.54. The van der Waals surface area contributed by atoms with Crippen molar-refractivity contribution in [1.29, 1.82) is 0 Å². The molecule has 1 amide bonds. The van der Waals surface area contributed by atoms with Gasteiger partial charge < -0.3 is 10.6 Å². The van der Waals surface area contributed by atoms with E-state index in [2.05, 4.69) is 72.8 Å². The van der Waals surface area contributed by atoms with Gasteiger partial charge in [0.2, 0.25) is 0 Å². The summed E-state index contributed by atoms with van der Waals surface area (Å²) >= 11 is 1.58. The van der Waals surface area contributed by atoms with Crippen LogP contribution < -0.4 is 10.6 Å². The second-order valence-electron chi connectivity index (χ2n) is 10.7. The second kappa shape index (κ2) is 10.2. The Morgan fingerprint density at radius 2 is 2.11 bits per heavy atom. The summed E-state index contributed by atoms with van der Waals surface area (Å²) in [5, 5.41) is 7.49. The van der Waals surface area contributed by atoms with Crippen molar-refractivity contribution in [2.45, 2.75) is 71.3 Å². The number of thiazole rings is 1. The number of amides is 1. The molecule has 2 heterocycles. The smallest absolute Gasteiger partial charge is 0.251 e. The van der Waals surface area contributed by atoms with Crippen molar-refractivity contribution < 1.29 is 4.79 Å². The molecule has 0 saturated heterocycles. The highest BCUT2D eigenvalue weighted by atomic mass is 32.1. The Balaban J connectivity index is 1.27. The normalized spacial score (nSPS) is 23.3. The van der Waals surface area contributed by atoms with E-state index in [0.717, 1.165) is 51.8 Å². The molecule has 2 aromatic rings. The van der Waals surface area contributed by atoms with Crippen molar-refractivity contribution >= 4 is 34.3 Å².